The van der Waals surface area contributed by atoms with Crippen molar-refractivity contribution in [2.75, 3.05) is 0 Å². The Kier molecular flexibility index (Phi) is 4.40. The highest BCUT2D eigenvalue weighted by atomic mass is 28.4. The van der Waals surface area contributed by atoms with E-state index in [9.17, 15) is 4.79 Å². The second kappa shape index (κ2) is 5.77. The SMILES string of the molecule is CC(C)(C)[Si](C)(C)O[C@H](c1ccccc1)[C@@H]1C=CC(=O)O1. The Balaban J connectivity index is 2.29. The van der Waals surface area contributed by atoms with Gasteiger partial charge in [0.1, 0.15) is 12.2 Å². The molecule has 1 heterocycles. The van der Waals surface area contributed by atoms with Crippen molar-refractivity contribution in [3.63, 3.8) is 0 Å². The Bertz CT molecular complexity index is 529. The van der Waals surface area contributed by atoms with E-state index in [1.807, 2.05) is 30.3 Å². The lowest BCUT2D eigenvalue weighted by molar-refractivity contribution is -0.142. The molecule has 3 nitrogen and oxygen atoms in total. The van der Waals surface area contributed by atoms with Crippen LogP contribution in [0.3, 0.4) is 0 Å². The number of esters is 1. The van der Waals surface area contributed by atoms with Gasteiger partial charge in [0.25, 0.3) is 0 Å². The molecule has 0 saturated carbocycles. The molecule has 0 amide bonds. The maximum Gasteiger partial charge on any atom is 0.331 e. The third-order valence-electron chi connectivity index (χ3n) is 4.33. The van der Waals surface area contributed by atoms with Gasteiger partial charge in [0.2, 0.25) is 0 Å². The summed E-state index contributed by atoms with van der Waals surface area (Å²) in [4.78, 5) is 11.4. The maximum absolute atomic E-state index is 11.4. The van der Waals surface area contributed by atoms with Crippen molar-refractivity contribution in [2.45, 2.75) is 51.1 Å². The van der Waals surface area contributed by atoms with E-state index in [0.717, 1.165) is 5.56 Å². The first-order chi connectivity index (χ1) is 9.71. The number of carbonyl (C=O) groups excluding carboxylic acids is 1. The summed E-state index contributed by atoms with van der Waals surface area (Å²) in [6.07, 6.45) is 2.70. The first-order valence-electron chi connectivity index (χ1n) is 7.32. The van der Waals surface area contributed by atoms with Crippen LogP contribution in [0, 0.1) is 0 Å². The summed E-state index contributed by atoms with van der Waals surface area (Å²) >= 11 is 0. The zero-order valence-corrected chi connectivity index (χ0v) is 14.4. The van der Waals surface area contributed by atoms with Gasteiger partial charge in [-0.1, -0.05) is 51.1 Å². The number of carbonyl (C=O) groups is 1. The van der Waals surface area contributed by atoms with Gasteiger partial charge in [0.05, 0.1) is 0 Å². The Labute approximate surface area is 128 Å². The number of rotatable bonds is 4. The highest BCUT2D eigenvalue weighted by Crippen LogP contribution is 2.41. The van der Waals surface area contributed by atoms with Crippen LogP contribution in [0.4, 0.5) is 0 Å². The minimum Gasteiger partial charge on any atom is -0.452 e. The van der Waals surface area contributed by atoms with Gasteiger partial charge >= 0.3 is 5.97 Å². The molecule has 0 saturated heterocycles. The largest absolute Gasteiger partial charge is 0.452 e. The molecule has 4 heteroatoms. The zero-order valence-electron chi connectivity index (χ0n) is 13.4. The van der Waals surface area contributed by atoms with E-state index >= 15 is 0 Å². The van der Waals surface area contributed by atoms with Gasteiger partial charge in [-0.05, 0) is 29.8 Å². The van der Waals surface area contributed by atoms with Crippen molar-refractivity contribution < 1.29 is 14.0 Å². The Morgan fingerprint density at radius 2 is 1.81 bits per heavy atom. The highest BCUT2D eigenvalue weighted by molar-refractivity contribution is 6.74. The van der Waals surface area contributed by atoms with Crippen molar-refractivity contribution in [3.8, 4) is 0 Å². The summed E-state index contributed by atoms with van der Waals surface area (Å²) in [7, 11) is -1.97. The van der Waals surface area contributed by atoms with Crippen LogP contribution in [0.1, 0.15) is 32.4 Å². The van der Waals surface area contributed by atoms with E-state index in [1.54, 1.807) is 6.08 Å². The van der Waals surface area contributed by atoms with Crippen LogP contribution in [0.2, 0.25) is 18.1 Å². The van der Waals surface area contributed by atoms with Crippen molar-refractivity contribution in [2.24, 2.45) is 0 Å². The summed E-state index contributed by atoms with van der Waals surface area (Å²) < 4.78 is 11.9. The second-order valence-corrected chi connectivity index (χ2v) is 11.7. The fraction of sp³-hybridized carbons (Fsp3) is 0.471. The van der Waals surface area contributed by atoms with Crippen LogP contribution in [-0.2, 0) is 14.0 Å². The minimum absolute atomic E-state index is 0.104. The molecular formula is C17H24O3Si. The van der Waals surface area contributed by atoms with E-state index < -0.39 is 8.32 Å². The average molecular weight is 304 g/mol. The summed E-state index contributed by atoms with van der Waals surface area (Å²) in [5.41, 5.74) is 1.05. The molecule has 0 fully saturated rings. The quantitative estimate of drug-likeness (QED) is 0.617. The van der Waals surface area contributed by atoms with Gasteiger partial charge < -0.3 is 9.16 Å². The van der Waals surface area contributed by atoms with Gasteiger partial charge in [-0.15, -0.1) is 0 Å². The number of benzene rings is 1. The topological polar surface area (TPSA) is 35.5 Å². The lowest BCUT2D eigenvalue weighted by Gasteiger charge is -2.40. The predicted octanol–water partition coefficient (Wildman–Crippen LogP) is 4.23. The molecular weight excluding hydrogens is 280 g/mol. The molecule has 0 N–H and O–H groups in total. The highest BCUT2D eigenvalue weighted by Gasteiger charge is 2.42. The molecule has 21 heavy (non-hydrogen) atoms. The molecule has 1 aromatic carbocycles. The molecule has 2 atom stereocenters. The van der Waals surface area contributed by atoms with Crippen molar-refractivity contribution in [3.05, 3.63) is 48.0 Å². The normalized spacial score (nSPS) is 20.4. The standard InChI is InChI=1S/C17H24O3Si/c1-17(2,3)21(4,5)20-16(13-9-7-6-8-10-13)14-11-12-15(18)19-14/h6-12,14,16H,1-5H3/t14-,16+/m0/s1. The molecule has 0 bridgehead atoms. The molecule has 0 spiro atoms. The van der Waals surface area contributed by atoms with E-state index in [2.05, 4.69) is 33.9 Å². The Hall–Kier alpha value is -1.39. The monoisotopic (exact) mass is 304 g/mol. The fourth-order valence-electron chi connectivity index (χ4n) is 2.01. The molecule has 2 rings (SSSR count). The van der Waals surface area contributed by atoms with Gasteiger partial charge in [-0.25, -0.2) is 4.79 Å². The van der Waals surface area contributed by atoms with Crippen LogP contribution in [0.5, 0.6) is 0 Å². The molecule has 0 aliphatic carbocycles. The molecule has 0 aromatic heterocycles. The minimum atomic E-state index is -1.97. The van der Waals surface area contributed by atoms with Crippen molar-refractivity contribution in [1.29, 1.82) is 0 Å². The maximum atomic E-state index is 11.4. The van der Waals surface area contributed by atoms with Crippen LogP contribution in [0.15, 0.2) is 42.5 Å². The number of hydrogen-bond acceptors (Lipinski definition) is 3. The van der Waals surface area contributed by atoms with Crippen LogP contribution in [-0.4, -0.2) is 20.4 Å². The van der Waals surface area contributed by atoms with Crippen LogP contribution >= 0.6 is 0 Å². The third kappa shape index (κ3) is 3.63. The van der Waals surface area contributed by atoms with E-state index in [4.69, 9.17) is 9.16 Å². The zero-order chi connectivity index (χ0) is 15.7. The lowest BCUT2D eigenvalue weighted by atomic mass is 10.0. The Morgan fingerprint density at radius 1 is 1.19 bits per heavy atom. The summed E-state index contributed by atoms with van der Waals surface area (Å²) in [6, 6.07) is 9.99. The molecule has 0 unspecified atom stereocenters. The Morgan fingerprint density at radius 3 is 2.29 bits per heavy atom. The molecule has 1 aliphatic heterocycles. The number of cyclic esters (lactones) is 1. The smallest absolute Gasteiger partial charge is 0.331 e. The average Bonchev–Trinajstić information content (AvgIpc) is 2.82. The van der Waals surface area contributed by atoms with Crippen molar-refractivity contribution >= 4 is 14.3 Å². The summed E-state index contributed by atoms with van der Waals surface area (Å²) in [6.45, 7) is 11.0. The third-order valence-corrected chi connectivity index (χ3v) is 8.78. The first kappa shape index (κ1) is 16.0. The summed E-state index contributed by atoms with van der Waals surface area (Å²) in [5, 5.41) is 0.104. The van der Waals surface area contributed by atoms with E-state index in [0.29, 0.717) is 0 Å². The van der Waals surface area contributed by atoms with Gasteiger partial charge in [-0.3, -0.25) is 0 Å². The molecule has 114 valence electrons. The van der Waals surface area contributed by atoms with Crippen LogP contribution in [0.25, 0.3) is 0 Å². The predicted molar refractivity (Wildman–Crippen MR) is 86.5 cm³/mol. The van der Waals surface area contributed by atoms with E-state index in [-0.39, 0.29) is 23.2 Å². The van der Waals surface area contributed by atoms with Gasteiger partial charge in [0, 0.05) is 6.08 Å². The van der Waals surface area contributed by atoms with Crippen LogP contribution < -0.4 is 0 Å². The molecule has 1 aromatic rings. The number of ether oxygens (including phenoxy) is 1. The first-order valence-corrected chi connectivity index (χ1v) is 10.2. The van der Waals surface area contributed by atoms with E-state index in [1.165, 1.54) is 6.08 Å². The summed E-state index contributed by atoms with van der Waals surface area (Å²) in [5.74, 6) is -0.292. The van der Waals surface area contributed by atoms with Crippen molar-refractivity contribution in [1.82, 2.24) is 0 Å². The van der Waals surface area contributed by atoms with Gasteiger partial charge in [0.15, 0.2) is 8.32 Å². The number of hydrogen-bond donors (Lipinski definition) is 0. The van der Waals surface area contributed by atoms with Gasteiger partial charge in [-0.2, -0.15) is 0 Å². The molecule has 0 radical (unpaired) electrons. The lowest BCUT2D eigenvalue weighted by Crippen LogP contribution is -2.43. The fourth-order valence-corrected chi connectivity index (χ4v) is 3.27. The molecule has 1 aliphatic rings. The second-order valence-electron chi connectivity index (χ2n) is 6.97.